The molecule has 0 radical (unpaired) electrons. The summed E-state index contributed by atoms with van der Waals surface area (Å²) in [5.74, 6) is 0.296. The number of methoxy groups -OCH3 is 1. The van der Waals surface area contributed by atoms with Crippen LogP contribution in [0.15, 0.2) is 48.5 Å². The van der Waals surface area contributed by atoms with Crippen LogP contribution in [0.2, 0.25) is 0 Å². The van der Waals surface area contributed by atoms with Crippen molar-refractivity contribution in [2.45, 2.75) is 31.3 Å². The molecule has 0 N–H and O–H groups in total. The van der Waals surface area contributed by atoms with Gasteiger partial charge in [-0.15, -0.1) is 0 Å². The van der Waals surface area contributed by atoms with E-state index in [0.717, 1.165) is 0 Å². The summed E-state index contributed by atoms with van der Waals surface area (Å²) in [5, 5.41) is 0. The van der Waals surface area contributed by atoms with Crippen LogP contribution in [-0.4, -0.2) is 64.9 Å². The van der Waals surface area contributed by atoms with Crippen molar-refractivity contribution in [1.29, 1.82) is 0 Å². The van der Waals surface area contributed by atoms with Crippen molar-refractivity contribution in [3.8, 4) is 11.5 Å². The summed E-state index contributed by atoms with van der Waals surface area (Å²) in [6.45, 7) is 2.59. The fourth-order valence-corrected chi connectivity index (χ4v) is 3.23. The molecule has 0 aliphatic carbocycles. The monoisotopic (exact) mass is 454 g/mol. The summed E-state index contributed by atoms with van der Waals surface area (Å²) in [7, 11) is 1.54. The van der Waals surface area contributed by atoms with Gasteiger partial charge in [-0.05, 0) is 55.5 Å². The van der Waals surface area contributed by atoms with Gasteiger partial charge >= 0.3 is 0 Å². The van der Waals surface area contributed by atoms with Crippen LogP contribution >= 0.6 is 0 Å². The van der Waals surface area contributed by atoms with E-state index >= 15 is 0 Å². The normalized spacial score (nSPS) is 23.5. The Kier molecular flexibility index (Phi) is 9.63. The van der Waals surface area contributed by atoms with Gasteiger partial charge < -0.3 is 33.2 Å². The Morgan fingerprint density at radius 1 is 0.812 bits per heavy atom. The molecule has 3 rings (SSSR count). The quantitative estimate of drug-likeness (QED) is 0.380. The molecule has 0 spiro atoms. The molecule has 32 heavy (non-hydrogen) atoms. The smallest absolute Gasteiger partial charge is 0.148 e. The fourth-order valence-electron chi connectivity index (χ4n) is 3.23. The molecule has 0 aromatic heterocycles. The van der Waals surface area contributed by atoms with Gasteiger partial charge in [0.25, 0.3) is 0 Å². The number of hydrogen-bond acceptors (Lipinski definition) is 7. The molecule has 2 aromatic carbocycles. The lowest BCUT2D eigenvalue weighted by molar-refractivity contribution is -0.174. The Balaban J connectivity index is 1.68. The first-order chi connectivity index (χ1) is 15.6. The van der Waals surface area contributed by atoms with Crippen LogP contribution in [0.25, 0.3) is 0 Å². The second-order valence-electron chi connectivity index (χ2n) is 7.00. The first-order valence-corrected chi connectivity index (χ1v) is 10.3. The molecule has 7 nitrogen and oxygen atoms in total. The molecule has 0 bridgehead atoms. The van der Waals surface area contributed by atoms with E-state index in [1.807, 2.05) is 6.92 Å². The Hall–Kier alpha value is -2.30. The van der Waals surface area contributed by atoms with E-state index in [1.54, 1.807) is 7.11 Å². The van der Waals surface area contributed by atoms with Crippen LogP contribution < -0.4 is 9.47 Å². The predicted molar refractivity (Wildman–Crippen MR) is 111 cm³/mol. The highest BCUT2D eigenvalue weighted by atomic mass is 19.1. The molecule has 2 unspecified atom stereocenters. The van der Waals surface area contributed by atoms with E-state index in [0.29, 0.717) is 18.1 Å². The summed E-state index contributed by atoms with van der Waals surface area (Å²) in [6, 6.07) is 11.4. The SMILES string of the molecule is CCOCOC1C(OC)[C@H](COc2ccc(F)cc2)OCO[C@H]1COc1ccc(F)cc1. The molecular formula is C23H28F2O7. The van der Waals surface area contributed by atoms with Gasteiger partial charge in [0.1, 0.15) is 74.3 Å². The zero-order chi connectivity index (χ0) is 22.8. The summed E-state index contributed by atoms with van der Waals surface area (Å²) in [4.78, 5) is 0. The van der Waals surface area contributed by atoms with Crippen molar-refractivity contribution >= 4 is 0 Å². The van der Waals surface area contributed by atoms with Gasteiger partial charge in [0.05, 0.1) is 0 Å². The van der Waals surface area contributed by atoms with Gasteiger partial charge in [-0.2, -0.15) is 0 Å². The molecule has 9 heteroatoms. The Morgan fingerprint density at radius 3 is 1.78 bits per heavy atom. The molecule has 0 saturated carbocycles. The van der Waals surface area contributed by atoms with Crippen molar-refractivity contribution in [2.75, 3.05) is 40.5 Å². The number of rotatable bonds is 11. The van der Waals surface area contributed by atoms with Crippen molar-refractivity contribution in [3.63, 3.8) is 0 Å². The predicted octanol–water partition coefficient (Wildman–Crippen LogP) is 3.56. The summed E-state index contributed by atoms with van der Waals surface area (Å²) < 4.78 is 66.4. The third kappa shape index (κ3) is 7.11. The lowest BCUT2D eigenvalue weighted by Gasteiger charge is -2.32. The molecule has 1 aliphatic rings. The molecule has 1 heterocycles. The van der Waals surface area contributed by atoms with E-state index in [9.17, 15) is 8.78 Å². The molecule has 1 saturated heterocycles. The van der Waals surface area contributed by atoms with Crippen molar-refractivity contribution in [1.82, 2.24) is 0 Å². The van der Waals surface area contributed by atoms with Gasteiger partial charge in [0.15, 0.2) is 0 Å². The van der Waals surface area contributed by atoms with Gasteiger partial charge in [-0.25, -0.2) is 8.78 Å². The standard InChI is InChI=1S/C23H28F2O7/c1-3-27-14-32-23-21(13-29-19-10-6-17(25)7-11-19)31-15-30-20(22(23)26-2)12-28-18-8-4-16(24)5-9-18/h4-11,20-23H,3,12-15H2,1-2H3/t20-,21-,22?,23?/m0/s1. The maximum Gasteiger partial charge on any atom is 0.148 e. The third-order valence-electron chi connectivity index (χ3n) is 4.90. The van der Waals surface area contributed by atoms with E-state index in [-0.39, 0.29) is 38.4 Å². The van der Waals surface area contributed by atoms with Crippen LogP contribution in [0, 0.1) is 11.6 Å². The Labute approximate surface area is 186 Å². The second kappa shape index (κ2) is 12.7. The zero-order valence-corrected chi connectivity index (χ0v) is 18.1. The van der Waals surface area contributed by atoms with Crippen LogP contribution in [0.5, 0.6) is 11.5 Å². The highest BCUT2D eigenvalue weighted by Crippen LogP contribution is 2.24. The lowest BCUT2D eigenvalue weighted by Crippen LogP contribution is -2.50. The minimum absolute atomic E-state index is 0.0307. The molecule has 1 fully saturated rings. The average molecular weight is 454 g/mol. The van der Waals surface area contributed by atoms with Gasteiger partial charge in [-0.3, -0.25) is 0 Å². The van der Waals surface area contributed by atoms with Crippen molar-refractivity contribution < 1.29 is 41.9 Å². The Morgan fingerprint density at radius 2 is 1.31 bits per heavy atom. The van der Waals surface area contributed by atoms with Crippen LogP contribution in [0.3, 0.4) is 0 Å². The summed E-state index contributed by atoms with van der Waals surface area (Å²) >= 11 is 0. The van der Waals surface area contributed by atoms with E-state index in [2.05, 4.69) is 0 Å². The first kappa shape index (κ1) is 24.3. The van der Waals surface area contributed by atoms with Gasteiger partial charge in [0.2, 0.25) is 0 Å². The van der Waals surface area contributed by atoms with E-state index in [4.69, 9.17) is 33.2 Å². The molecule has 2 aromatic rings. The third-order valence-corrected chi connectivity index (χ3v) is 4.90. The van der Waals surface area contributed by atoms with Gasteiger partial charge in [0, 0.05) is 13.7 Å². The Bertz CT molecular complexity index is 788. The highest BCUT2D eigenvalue weighted by molar-refractivity contribution is 5.23. The minimum Gasteiger partial charge on any atom is -0.491 e. The molecule has 176 valence electrons. The van der Waals surface area contributed by atoms with Crippen LogP contribution in [-0.2, 0) is 23.7 Å². The maximum atomic E-state index is 13.1. The molecule has 1 aliphatic heterocycles. The largest absolute Gasteiger partial charge is 0.491 e. The summed E-state index contributed by atoms with van der Waals surface area (Å²) in [6.07, 6.45) is -2.26. The number of ether oxygens (including phenoxy) is 7. The van der Waals surface area contributed by atoms with E-state index in [1.165, 1.54) is 48.5 Å². The van der Waals surface area contributed by atoms with Crippen LogP contribution in [0.1, 0.15) is 6.92 Å². The minimum atomic E-state index is -0.601. The summed E-state index contributed by atoms with van der Waals surface area (Å²) in [5.41, 5.74) is 0. The lowest BCUT2D eigenvalue weighted by atomic mass is 10.0. The molecular weight excluding hydrogens is 426 g/mol. The van der Waals surface area contributed by atoms with Crippen molar-refractivity contribution in [3.05, 3.63) is 60.2 Å². The number of benzene rings is 2. The first-order valence-electron chi connectivity index (χ1n) is 10.3. The molecule has 0 amide bonds. The second-order valence-corrected chi connectivity index (χ2v) is 7.00. The fraction of sp³-hybridized carbons (Fsp3) is 0.478. The number of hydrogen-bond donors (Lipinski definition) is 0. The maximum absolute atomic E-state index is 13.1. The average Bonchev–Trinajstić information content (AvgIpc) is 2.97. The zero-order valence-electron chi connectivity index (χ0n) is 18.1. The number of halogens is 2. The van der Waals surface area contributed by atoms with Gasteiger partial charge in [-0.1, -0.05) is 0 Å². The highest BCUT2D eigenvalue weighted by Gasteiger charge is 2.41. The van der Waals surface area contributed by atoms with Crippen LogP contribution in [0.4, 0.5) is 8.78 Å². The van der Waals surface area contributed by atoms with Crippen molar-refractivity contribution in [2.24, 2.45) is 0 Å². The topological polar surface area (TPSA) is 64.6 Å². The molecule has 4 atom stereocenters. The van der Waals surface area contributed by atoms with E-state index < -0.39 is 24.4 Å².